The third-order valence-electron chi connectivity index (χ3n) is 4.87. The predicted molar refractivity (Wildman–Crippen MR) is 103 cm³/mol. The van der Waals surface area contributed by atoms with Gasteiger partial charge in [0, 0.05) is 6.54 Å². The van der Waals surface area contributed by atoms with Gasteiger partial charge in [-0.15, -0.1) is 0 Å². The molecule has 2 atom stereocenters. The summed E-state index contributed by atoms with van der Waals surface area (Å²) in [5, 5.41) is 2.87. The van der Waals surface area contributed by atoms with Crippen molar-refractivity contribution in [2.45, 2.75) is 31.3 Å². The number of carbonyl (C=O) groups is 2. The van der Waals surface area contributed by atoms with E-state index in [4.69, 9.17) is 4.42 Å². The first-order chi connectivity index (χ1) is 13.2. The molecule has 2 heterocycles. The number of oxazole rings is 1. The maximum Gasteiger partial charge on any atom is 0.299 e. The van der Waals surface area contributed by atoms with Gasteiger partial charge in [0.2, 0.25) is 5.91 Å². The number of hydrogen-bond acceptors (Lipinski definition) is 5. The molecule has 1 amide bonds. The van der Waals surface area contributed by atoms with Gasteiger partial charge < -0.3 is 19.4 Å². The molecule has 27 heavy (non-hydrogen) atoms. The molecule has 2 unspecified atom stereocenters. The third-order valence-corrected chi connectivity index (χ3v) is 4.87. The lowest BCUT2D eigenvalue weighted by Gasteiger charge is -2.23. The van der Waals surface area contributed by atoms with Crippen LogP contribution in [0.4, 0.5) is 6.01 Å². The summed E-state index contributed by atoms with van der Waals surface area (Å²) in [5.41, 5.74) is 2.49. The molecule has 3 aromatic rings. The maximum absolute atomic E-state index is 12.8. The van der Waals surface area contributed by atoms with Gasteiger partial charge in [-0.25, -0.2) is 0 Å². The Morgan fingerprint density at radius 3 is 2.78 bits per heavy atom. The highest BCUT2D eigenvalue weighted by molar-refractivity contribution is 5.88. The molecule has 2 aromatic carbocycles. The van der Waals surface area contributed by atoms with Gasteiger partial charge in [-0.3, -0.25) is 4.79 Å². The van der Waals surface area contributed by atoms with E-state index < -0.39 is 6.04 Å². The van der Waals surface area contributed by atoms with Crippen molar-refractivity contribution in [2.24, 2.45) is 0 Å². The number of amides is 1. The Kier molecular flexibility index (Phi) is 4.87. The number of nitrogens with zero attached hydrogens (tertiary/aromatic N) is 2. The standard InChI is InChI=1S/C21H21N3O3/c25-14-16(13-15-7-2-1-3-8-15)22-20(26)18-10-6-12-24(18)21-23-17-9-4-5-11-19(17)27-21/h1-5,7-9,11,14,16,18H,6,10,12-13H2,(H,22,26). The molecule has 0 radical (unpaired) electrons. The van der Waals surface area contributed by atoms with Gasteiger partial charge >= 0.3 is 0 Å². The van der Waals surface area contributed by atoms with Gasteiger partial charge in [0.25, 0.3) is 6.01 Å². The average Bonchev–Trinajstić information content (AvgIpc) is 3.34. The molecule has 0 spiro atoms. The Hall–Kier alpha value is -3.15. The van der Waals surface area contributed by atoms with Crippen LogP contribution in [-0.2, 0) is 16.0 Å². The van der Waals surface area contributed by atoms with E-state index in [9.17, 15) is 9.59 Å². The molecule has 0 aliphatic carbocycles. The zero-order chi connectivity index (χ0) is 18.6. The minimum absolute atomic E-state index is 0.164. The average molecular weight is 363 g/mol. The van der Waals surface area contributed by atoms with E-state index in [2.05, 4.69) is 10.3 Å². The van der Waals surface area contributed by atoms with E-state index >= 15 is 0 Å². The Morgan fingerprint density at radius 1 is 1.22 bits per heavy atom. The Labute approximate surface area is 157 Å². The van der Waals surface area contributed by atoms with Crippen molar-refractivity contribution in [3.8, 4) is 0 Å². The number of para-hydroxylation sites is 2. The Balaban J connectivity index is 1.47. The number of benzene rings is 2. The molecule has 1 aliphatic rings. The molecule has 6 nitrogen and oxygen atoms in total. The number of nitrogens with one attached hydrogen (secondary N) is 1. The third kappa shape index (κ3) is 3.69. The van der Waals surface area contributed by atoms with Crippen molar-refractivity contribution >= 4 is 29.3 Å². The van der Waals surface area contributed by atoms with Crippen LogP contribution in [0, 0.1) is 0 Å². The SMILES string of the molecule is O=CC(Cc1ccccc1)NC(=O)C1CCCN1c1nc2ccccc2o1. The lowest BCUT2D eigenvalue weighted by atomic mass is 10.1. The molecule has 1 aliphatic heterocycles. The van der Waals surface area contributed by atoms with Crippen molar-refractivity contribution in [3.63, 3.8) is 0 Å². The predicted octanol–water partition coefficient (Wildman–Crippen LogP) is 2.72. The summed E-state index contributed by atoms with van der Waals surface area (Å²) in [5.74, 6) is -0.164. The first-order valence-corrected chi connectivity index (χ1v) is 9.16. The molecule has 1 saturated heterocycles. The van der Waals surface area contributed by atoms with Crippen molar-refractivity contribution in [1.29, 1.82) is 0 Å². The molecule has 1 aromatic heterocycles. The van der Waals surface area contributed by atoms with Crippen LogP contribution in [0.15, 0.2) is 59.0 Å². The summed E-state index contributed by atoms with van der Waals surface area (Å²) < 4.78 is 5.82. The second-order valence-electron chi connectivity index (χ2n) is 6.76. The zero-order valence-electron chi connectivity index (χ0n) is 14.9. The van der Waals surface area contributed by atoms with Crippen molar-refractivity contribution in [3.05, 3.63) is 60.2 Å². The fourth-order valence-electron chi connectivity index (χ4n) is 3.53. The molecule has 4 rings (SSSR count). The summed E-state index contributed by atoms with van der Waals surface area (Å²) in [6, 6.07) is 16.7. The quantitative estimate of drug-likeness (QED) is 0.682. The van der Waals surface area contributed by atoms with Crippen molar-refractivity contribution in [2.75, 3.05) is 11.4 Å². The first-order valence-electron chi connectivity index (χ1n) is 9.16. The molecular formula is C21H21N3O3. The van der Waals surface area contributed by atoms with Crippen molar-refractivity contribution in [1.82, 2.24) is 10.3 Å². The zero-order valence-corrected chi connectivity index (χ0v) is 14.9. The summed E-state index contributed by atoms with van der Waals surface area (Å²) in [7, 11) is 0. The smallest absolute Gasteiger partial charge is 0.299 e. The van der Waals surface area contributed by atoms with E-state index in [-0.39, 0.29) is 11.9 Å². The lowest BCUT2D eigenvalue weighted by Crippen LogP contribution is -2.48. The van der Waals surface area contributed by atoms with Crippen molar-refractivity contribution < 1.29 is 14.0 Å². The molecule has 6 heteroatoms. The van der Waals surface area contributed by atoms with Gasteiger partial charge in [0.1, 0.15) is 17.8 Å². The lowest BCUT2D eigenvalue weighted by molar-refractivity contribution is -0.125. The highest BCUT2D eigenvalue weighted by Gasteiger charge is 2.34. The number of anilines is 1. The van der Waals surface area contributed by atoms with Crippen LogP contribution in [0.25, 0.3) is 11.1 Å². The van der Waals surface area contributed by atoms with Crippen LogP contribution in [0.3, 0.4) is 0 Å². The molecule has 138 valence electrons. The van der Waals surface area contributed by atoms with Crippen LogP contribution >= 0.6 is 0 Å². The maximum atomic E-state index is 12.8. The summed E-state index contributed by atoms with van der Waals surface area (Å²) in [6.45, 7) is 0.704. The van der Waals surface area contributed by atoms with E-state index in [1.807, 2.05) is 59.5 Å². The normalized spacial score (nSPS) is 17.8. The van der Waals surface area contributed by atoms with Crippen LogP contribution in [-0.4, -0.2) is 35.8 Å². The van der Waals surface area contributed by atoms with Crippen LogP contribution in [0.2, 0.25) is 0 Å². The van der Waals surface area contributed by atoms with Gasteiger partial charge in [0.05, 0.1) is 6.04 Å². The number of hydrogen-bond donors (Lipinski definition) is 1. The fraction of sp³-hybridized carbons (Fsp3) is 0.286. The van der Waals surface area contributed by atoms with Crippen LogP contribution in [0.1, 0.15) is 18.4 Å². The van der Waals surface area contributed by atoms with Gasteiger partial charge in [-0.05, 0) is 37.0 Å². The molecule has 1 N–H and O–H groups in total. The second-order valence-corrected chi connectivity index (χ2v) is 6.76. The minimum atomic E-state index is -0.550. The minimum Gasteiger partial charge on any atom is -0.423 e. The second kappa shape index (κ2) is 7.61. The molecule has 0 saturated carbocycles. The summed E-state index contributed by atoms with van der Waals surface area (Å²) >= 11 is 0. The number of fused-ring (bicyclic) bond motifs is 1. The molecule has 0 bridgehead atoms. The van der Waals surface area contributed by atoms with Crippen LogP contribution in [0.5, 0.6) is 0 Å². The summed E-state index contributed by atoms with van der Waals surface area (Å²) in [4.78, 5) is 30.7. The van der Waals surface area contributed by atoms with Gasteiger partial charge in [-0.2, -0.15) is 4.98 Å². The highest BCUT2D eigenvalue weighted by Crippen LogP contribution is 2.28. The number of carbonyl (C=O) groups excluding carboxylic acids is 2. The van der Waals surface area contributed by atoms with E-state index in [0.29, 0.717) is 31.0 Å². The van der Waals surface area contributed by atoms with E-state index in [0.717, 1.165) is 23.8 Å². The summed E-state index contributed by atoms with van der Waals surface area (Å²) in [6.07, 6.45) is 2.86. The topological polar surface area (TPSA) is 75.4 Å². The Bertz CT molecular complexity index is 905. The molecular weight excluding hydrogens is 342 g/mol. The van der Waals surface area contributed by atoms with E-state index in [1.54, 1.807) is 0 Å². The highest BCUT2D eigenvalue weighted by atomic mass is 16.4. The fourth-order valence-corrected chi connectivity index (χ4v) is 3.53. The van der Waals surface area contributed by atoms with E-state index in [1.165, 1.54) is 0 Å². The molecule has 1 fully saturated rings. The Morgan fingerprint density at radius 2 is 2.00 bits per heavy atom. The number of aldehydes is 1. The number of rotatable bonds is 6. The van der Waals surface area contributed by atoms with Crippen LogP contribution < -0.4 is 10.2 Å². The van der Waals surface area contributed by atoms with Gasteiger partial charge in [0.15, 0.2) is 5.58 Å². The number of aromatic nitrogens is 1. The first kappa shape index (κ1) is 17.3. The monoisotopic (exact) mass is 363 g/mol. The largest absolute Gasteiger partial charge is 0.423 e. The van der Waals surface area contributed by atoms with Gasteiger partial charge in [-0.1, -0.05) is 42.5 Å².